The molecule has 6 nitrogen and oxygen atoms in total. The lowest BCUT2D eigenvalue weighted by molar-refractivity contribution is -0.153. The fraction of sp³-hybridized carbons (Fsp3) is 0.611. The Hall–Kier alpha value is -1.97. The van der Waals surface area contributed by atoms with E-state index in [1.165, 1.54) is 12.1 Å². The third-order valence-corrected chi connectivity index (χ3v) is 6.95. The van der Waals surface area contributed by atoms with Crippen LogP contribution in [0.5, 0.6) is 5.75 Å². The van der Waals surface area contributed by atoms with Crippen molar-refractivity contribution in [3.05, 3.63) is 29.8 Å². The van der Waals surface area contributed by atoms with E-state index in [9.17, 15) is 21.6 Å². The van der Waals surface area contributed by atoms with Gasteiger partial charge in [0.15, 0.2) is 22.4 Å². The third-order valence-electron chi connectivity index (χ3n) is 4.42. The van der Waals surface area contributed by atoms with Crippen molar-refractivity contribution < 1.29 is 26.3 Å². The van der Waals surface area contributed by atoms with Crippen LogP contribution in [0.1, 0.15) is 26.3 Å². The molecule has 2 rings (SSSR count). The van der Waals surface area contributed by atoms with Crippen molar-refractivity contribution in [3.63, 3.8) is 0 Å². The van der Waals surface area contributed by atoms with Crippen LogP contribution in [0.3, 0.4) is 0 Å². The van der Waals surface area contributed by atoms with E-state index in [1.54, 1.807) is 26.0 Å². The van der Waals surface area contributed by atoms with Crippen molar-refractivity contribution in [1.29, 1.82) is 0 Å². The molecule has 0 saturated carbocycles. The largest absolute Gasteiger partial charge is 0.484 e. The fourth-order valence-corrected chi connectivity index (χ4v) is 4.14. The standard InChI is InChI=1S/C18H26F3N3O3S/c1-4-22-16(24-9-10-28(25,26)17(2,3)12-24)23-11-14-5-7-15(8-6-14)27-13-18(19,20)21/h5-8H,4,9-13H2,1-3H3,(H,22,23). The Morgan fingerprint density at radius 1 is 1.29 bits per heavy atom. The lowest BCUT2D eigenvalue weighted by Crippen LogP contribution is -2.57. The van der Waals surface area contributed by atoms with Crippen LogP contribution < -0.4 is 10.1 Å². The molecule has 1 N–H and O–H groups in total. The molecular weight excluding hydrogens is 395 g/mol. The highest BCUT2D eigenvalue weighted by Crippen LogP contribution is 2.24. The highest BCUT2D eigenvalue weighted by Gasteiger charge is 2.40. The fourth-order valence-electron chi connectivity index (χ4n) is 2.77. The first-order valence-electron chi connectivity index (χ1n) is 8.97. The van der Waals surface area contributed by atoms with Gasteiger partial charge in [0, 0.05) is 19.6 Å². The van der Waals surface area contributed by atoms with E-state index in [4.69, 9.17) is 0 Å². The van der Waals surface area contributed by atoms with Crippen LogP contribution in [0.15, 0.2) is 29.3 Å². The van der Waals surface area contributed by atoms with Gasteiger partial charge >= 0.3 is 6.18 Å². The number of hydrogen-bond acceptors (Lipinski definition) is 4. The van der Waals surface area contributed by atoms with Crippen LogP contribution in [0, 0.1) is 0 Å². The van der Waals surface area contributed by atoms with Gasteiger partial charge in [0.05, 0.1) is 17.0 Å². The van der Waals surface area contributed by atoms with Crippen LogP contribution in [0.25, 0.3) is 0 Å². The first-order valence-corrected chi connectivity index (χ1v) is 10.6. The number of guanidine groups is 1. The number of rotatable bonds is 5. The van der Waals surface area contributed by atoms with E-state index < -0.39 is 27.4 Å². The molecule has 1 aliphatic heterocycles. The average Bonchev–Trinajstić information content (AvgIpc) is 2.59. The molecule has 0 aromatic heterocycles. The second kappa shape index (κ2) is 8.59. The summed E-state index contributed by atoms with van der Waals surface area (Å²) in [7, 11) is -3.15. The number of halogens is 3. The summed E-state index contributed by atoms with van der Waals surface area (Å²) in [4.78, 5) is 6.47. The van der Waals surface area contributed by atoms with Crippen molar-refractivity contribution in [1.82, 2.24) is 10.2 Å². The number of aliphatic imine (C=N–C) groups is 1. The number of nitrogens with zero attached hydrogens (tertiary/aromatic N) is 2. The highest BCUT2D eigenvalue weighted by molar-refractivity contribution is 7.92. The van der Waals surface area contributed by atoms with Crippen LogP contribution in [0.4, 0.5) is 13.2 Å². The van der Waals surface area contributed by atoms with Crippen molar-refractivity contribution >= 4 is 15.8 Å². The van der Waals surface area contributed by atoms with Crippen LogP contribution in [-0.4, -0.2) is 62.2 Å². The molecule has 0 bridgehead atoms. The van der Waals surface area contributed by atoms with Gasteiger partial charge in [0.2, 0.25) is 0 Å². The summed E-state index contributed by atoms with van der Waals surface area (Å²) < 4.78 is 64.8. The SMILES string of the molecule is CCNC(=NCc1ccc(OCC(F)(F)F)cc1)N1CCS(=O)(=O)C(C)(C)C1. The minimum atomic E-state index is -4.38. The van der Waals surface area contributed by atoms with Crippen LogP contribution >= 0.6 is 0 Å². The van der Waals surface area contributed by atoms with Crippen molar-refractivity contribution in [2.24, 2.45) is 4.99 Å². The Labute approximate surface area is 163 Å². The molecule has 1 heterocycles. The van der Waals surface area contributed by atoms with E-state index in [0.29, 0.717) is 32.1 Å². The number of hydrogen-bond donors (Lipinski definition) is 1. The van der Waals surface area contributed by atoms with Gasteiger partial charge in [-0.3, -0.25) is 0 Å². The molecule has 1 aliphatic rings. The third kappa shape index (κ3) is 6.02. The van der Waals surface area contributed by atoms with Gasteiger partial charge in [-0.2, -0.15) is 13.2 Å². The predicted molar refractivity (Wildman–Crippen MR) is 102 cm³/mol. The maximum absolute atomic E-state index is 12.2. The minimum Gasteiger partial charge on any atom is -0.484 e. The molecule has 1 aromatic carbocycles. The molecule has 0 spiro atoms. The Bertz CT molecular complexity index is 791. The maximum atomic E-state index is 12.2. The van der Waals surface area contributed by atoms with Crippen molar-refractivity contribution in [2.45, 2.75) is 38.2 Å². The Morgan fingerprint density at radius 3 is 2.46 bits per heavy atom. The van der Waals surface area contributed by atoms with Gasteiger partial charge in [0.1, 0.15) is 5.75 Å². The van der Waals surface area contributed by atoms with Gasteiger partial charge in [-0.05, 0) is 38.5 Å². The molecule has 1 aromatic rings. The highest BCUT2D eigenvalue weighted by atomic mass is 32.2. The van der Waals surface area contributed by atoms with Gasteiger partial charge in [0.25, 0.3) is 0 Å². The number of benzene rings is 1. The number of ether oxygens (including phenoxy) is 1. The molecule has 158 valence electrons. The summed E-state index contributed by atoms with van der Waals surface area (Å²) in [5.74, 6) is 0.818. The molecular formula is C18H26F3N3O3S. The Balaban J connectivity index is 2.05. The summed E-state index contributed by atoms with van der Waals surface area (Å²) >= 11 is 0. The number of sulfone groups is 1. The smallest absolute Gasteiger partial charge is 0.422 e. The zero-order valence-corrected chi connectivity index (χ0v) is 17.0. The van der Waals surface area contributed by atoms with E-state index >= 15 is 0 Å². The molecule has 0 aliphatic carbocycles. The summed E-state index contributed by atoms with van der Waals surface area (Å²) in [5.41, 5.74) is 0.804. The summed E-state index contributed by atoms with van der Waals surface area (Å²) in [6, 6.07) is 6.26. The van der Waals surface area contributed by atoms with Gasteiger partial charge in [-0.1, -0.05) is 12.1 Å². The van der Waals surface area contributed by atoms with E-state index in [2.05, 4.69) is 15.0 Å². The zero-order valence-electron chi connectivity index (χ0n) is 16.2. The molecule has 0 amide bonds. The van der Waals surface area contributed by atoms with E-state index in [-0.39, 0.29) is 11.5 Å². The molecule has 0 unspecified atom stereocenters. The van der Waals surface area contributed by atoms with E-state index in [0.717, 1.165) is 5.56 Å². The normalized spacial score (nSPS) is 19.4. The Kier molecular flexibility index (Phi) is 6.84. The molecule has 1 saturated heterocycles. The monoisotopic (exact) mass is 421 g/mol. The van der Waals surface area contributed by atoms with Crippen molar-refractivity contribution in [2.75, 3.05) is 32.0 Å². The topological polar surface area (TPSA) is 71.0 Å². The maximum Gasteiger partial charge on any atom is 0.422 e. The number of alkyl halides is 3. The lowest BCUT2D eigenvalue weighted by Gasteiger charge is -2.39. The average molecular weight is 421 g/mol. The molecule has 0 radical (unpaired) electrons. The van der Waals surface area contributed by atoms with Gasteiger partial charge in [-0.15, -0.1) is 0 Å². The molecule has 1 fully saturated rings. The van der Waals surface area contributed by atoms with Gasteiger partial charge < -0.3 is 15.0 Å². The zero-order chi connectivity index (χ0) is 21.0. The second-order valence-electron chi connectivity index (χ2n) is 7.22. The lowest BCUT2D eigenvalue weighted by atomic mass is 10.2. The van der Waals surface area contributed by atoms with Crippen molar-refractivity contribution in [3.8, 4) is 5.75 Å². The minimum absolute atomic E-state index is 0.0651. The summed E-state index contributed by atoms with van der Waals surface area (Å²) in [5, 5.41) is 3.17. The quantitative estimate of drug-likeness (QED) is 0.585. The summed E-state index contributed by atoms with van der Waals surface area (Å²) in [6.07, 6.45) is -4.38. The van der Waals surface area contributed by atoms with Crippen LogP contribution in [-0.2, 0) is 16.4 Å². The summed E-state index contributed by atoms with van der Waals surface area (Å²) in [6.45, 7) is 5.65. The molecule has 28 heavy (non-hydrogen) atoms. The molecule has 10 heteroatoms. The Morgan fingerprint density at radius 2 is 1.93 bits per heavy atom. The molecule has 0 atom stereocenters. The van der Waals surface area contributed by atoms with Gasteiger partial charge in [-0.25, -0.2) is 13.4 Å². The predicted octanol–water partition coefficient (Wildman–Crippen LogP) is 2.60. The van der Waals surface area contributed by atoms with Crippen LogP contribution in [0.2, 0.25) is 0 Å². The first-order chi connectivity index (χ1) is 12.9. The first kappa shape index (κ1) is 22.3. The van der Waals surface area contributed by atoms with E-state index in [1.807, 2.05) is 11.8 Å². The number of nitrogens with one attached hydrogen (secondary N) is 1. The second-order valence-corrected chi connectivity index (χ2v) is 9.96.